The van der Waals surface area contributed by atoms with E-state index in [0.29, 0.717) is 0 Å². The fourth-order valence-electron chi connectivity index (χ4n) is 1.80. The van der Waals surface area contributed by atoms with Crippen molar-refractivity contribution in [3.05, 3.63) is 0 Å². The minimum atomic E-state index is -0.446. The van der Waals surface area contributed by atoms with Crippen LogP contribution in [0.25, 0.3) is 0 Å². The molecule has 0 aromatic carbocycles. The summed E-state index contributed by atoms with van der Waals surface area (Å²) >= 11 is 3.43. The summed E-state index contributed by atoms with van der Waals surface area (Å²) in [6.45, 7) is 15.1. The van der Waals surface area contributed by atoms with Gasteiger partial charge in [-0.25, -0.2) is 0 Å². The molecular weight excluding hydrogens is 280 g/mol. The fraction of sp³-hybridized carbons (Fsp3) is 0.923. The Morgan fingerprint density at radius 2 is 1.59 bits per heavy atom. The van der Waals surface area contributed by atoms with E-state index in [9.17, 15) is 4.79 Å². The lowest BCUT2D eigenvalue weighted by molar-refractivity contribution is -0.132. The van der Waals surface area contributed by atoms with Crippen LogP contribution in [0.3, 0.4) is 0 Å². The van der Waals surface area contributed by atoms with Gasteiger partial charge in [0.15, 0.2) is 0 Å². The summed E-state index contributed by atoms with van der Waals surface area (Å²) in [5.41, 5.74) is 0. The van der Waals surface area contributed by atoms with E-state index in [1.54, 1.807) is 0 Å². The standard InChI is InChI=1S/C13H27BrN2O/c1-6-15(7-2)10-9-11-16(8-3)12(17)13(4,5)14/h6-11H2,1-5H3. The first-order valence-corrected chi connectivity index (χ1v) is 7.36. The molecule has 0 radical (unpaired) electrons. The van der Waals surface area contributed by atoms with Crippen LogP contribution in [0.5, 0.6) is 0 Å². The molecule has 3 nitrogen and oxygen atoms in total. The van der Waals surface area contributed by atoms with Crippen LogP contribution < -0.4 is 0 Å². The van der Waals surface area contributed by atoms with Crippen LogP contribution in [0.1, 0.15) is 41.0 Å². The molecule has 0 saturated heterocycles. The first-order valence-electron chi connectivity index (χ1n) is 6.57. The van der Waals surface area contributed by atoms with Gasteiger partial charge >= 0.3 is 0 Å². The maximum absolute atomic E-state index is 12.1. The average molecular weight is 307 g/mol. The second kappa shape index (κ2) is 8.09. The molecule has 0 saturated carbocycles. The minimum Gasteiger partial charge on any atom is -0.342 e. The van der Waals surface area contributed by atoms with Crippen molar-refractivity contribution < 1.29 is 4.79 Å². The zero-order valence-corrected chi connectivity index (χ0v) is 13.5. The Morgan fingerprint density at radius 1 is 1.06 bits per heavy atom. The molecule has 0 heterocycles. The van der Waals surface area contributed by atoms with E-state index in [1.807, 2.05) is 25.7 Å². The third kappa shape index (κ3) is 6.41. The zero-order valence-electron chi connectivity index (χ0n) is 11.9. The van der Waals surface area contributed by atoms with Gasteiger partial charge in [0, 0.05) is 13.1 Å². The Hall–Kier alpha value is -0.0900. The van der Waals surface area contributed by atoms with Crippen molar-refractivity contribution >= 4 is 21.8 Å². The van der Waals surface area contributed by atoms with Gasteiger partial charge in [0.25, 0.3) is 0 Å². The Kier molecular flexibility index (Phi) is 8.05. The van der Waals surface area contributed by atoms with Crippen LogP contribution in [-0.2, 0) is 4.79 Å². The van der Waals surface area contributed by atoms with Gasteiger partial charge in [-0.1, -0.05) is 29.8 Å². The molecular formula is C13H27BrN2O. The average Bonchev–Trinajstić information content (AvgIpc) is 2.27. The number of alkyl halides is 1. The first-order chi connectivity index (χ1) is 7.86. The van der Waals surface area contributed by atoms with Crippen LogP contribution in [0.15, 0.2) is 0 Å². The smallest absolute Gasteiger partial charge is 0.238 e. The minimum absolute atomic E-state index is 0.180. The SMILES string of the molecule is CCN(CC)CCCN(CC)C(=O)C(C)(C)Br. The molecule has 1 amide bonds. The van der Waals surface area contributed by atoms with Crippen LogP contribution in [-0.4, -0.2) is 52.8 Å². The molecule has 0 spiro atoms. The highest BCUT2D eigenvalue weighted by Gasteiger charge is 2.27. The molecule has 0 rings (SSSR count). The monoisotopic (exact) mass is 306 g/mol. The highest BCUT2D eigenvalue weighted by molar-refractivity contribution is 9.10. The van der Waals surface area contributed by atoms with Gasteiger partial charge in [0.2, 0.25) is 5.91 Å². The predicted octanol–water partition coefficient (Wildman–Crippen LogP) is 2.74. The predicted molar refractivity (Wildman–Crippen MR) is 77.7 cm³/mol. The summed E-state index contributed by atoms with van der Waals surface area (Å²) < 4.78 is -0.446. The normalized spacial score (nSPS) is 11.9. The van der Waals surface area contributed by atoms with Crippen LogP contribution in [0.2, 0.25) is 0 Å². The molecule has 4 heteroatoms. The summed E-state index contributed by atoms with van der Waals surface area (Å²) in [6, 6.07) is 0. The van der Waals surface area contributed by atoms with E-state index < -0.39 is 4.32 Å². The van der Waals surface area contributed by atoms with Gasteiger partial charge in [-0.15, -0.1) is 0 Å². The molecule has 0 bridgehead atoms. The van der Waals surface area contributed by atoms with Gasteiger partial charge in [0.05, 0.1) is 4.32 Å². The summed E-state index contributed by atoms with van der Waals surface area (Å²) in [5, 5.41) is 0. The molecule has 0 N–H and O–H groups in total. The van der Waals surface area contributed by atoms with Crippen molar-refractivity contribution in [2.45, 2.75) is 45.4 Å². The van der Waals surface area contributed by atoms with Crippen LogP contribution in [0, 0.1) is 0 Å². The van der Waals surface area contributed by atoms with Gasteiger partial charge < -0.3 is 9.80 Å². The summed E-state index contributed by atoms with van der Waals surface area (Å²) in [6.07, 6.45) is 1.05. The molecule has 0 atom stereocenters. The van der Waals surface area contributed by atoms with Crippen LogP contribution in [0.4, 0.5) is 0 Å². The number of rotatable bonds is 8. The summed E-state index contributed by atoms with van der Waals surface area (Å²) in [7, 11) is 0. The number of hydrogen-bond acceptors (Lipinski definition) is 2. The quantitative estimate of drug-likeness (QED) is 0.644. The van der Waals surface area contributed by atoms with Gasteiger partial charge in [-0.3, -0.25) is 4.79 Å². The Labute approximate surface area is 115 Å². The molecule has 0 aromatic heterocycles. The highest BCUT2D eigenvalue weighted by atomic mass is 79.9. The number of amides is 1. The zero-order chi connectivity index (χ0) is 13.5. The number of carbonyl (C=O) groups excluding carboxylic acids is 1. The maximum Gasteiger partial charge on any atom is 0.238 e. The molecule has 102 valence electrons. The largest absolute Gasteiger partial charge is 0.342 e. The van der Waals surface area contributed by atoms with Crippen molar-refractivity contribution in [3.63, 3.8) is 0 Å². The second-order valence-electron chi connectivity index (χ2n) is 4.74. The molecule has 0 unspecified atom stereocenters. The summed E-state index contributed by atoms with van der Waals surface area (Å²) in [5.74, 6) is 0.180. The van der Waals surface area contributed by atoms with E-state index in [0.717, 1.165) is 39.1 Å². The van der Waals surface area contributed by atoms with Crippen molar-refractivity contribution in [1.29, 1.82) is 0 Å². The van der Waals surface area contributed by atoms with E-state index >= 15 is 0 Å². The van der Waals surface area contributed by atoms with Gasteiger partial charge in [-0.2, -0.15) is 0 Å². The highest BCUT2D eigenvalue weighted by Crippen LogP contribution is 2.19. The van der Waals surface area contributed by atoms with Crippen molar-refractivity contribution in [3.8, 4) is 0 Å². The van der Waals surface area contributed by atoms with E-state index in [2.05, 4.69) is 34.7 Å². The lowest BCUT2D eigenvalue weighted by Gasteiger charge is -2.28. The third-order valence-electron chi connectivity index (χ3n) is 2.97. The Morgan fingerprint density at radius 3 is 1.94 bits per heavy atom. The topological polar surface area (TPSA) is 23.6 Å². The number of carbonyl (C=O) groups is 1. The molecule has 0 aliphatic carbocycles. The Balaban J connectivity index is 4.11. The first kappa shape index (κ1) is 16.9. The number of nitrogens with zero attached hydrogens (tertiary/aromatic N) is 2. The van der Waals surface area contributed by atoms with E-state index in [-0.39, 0.29) is 5.91 Å². The second-order valence-corrected chi connectivity index (χ2v) is 6.72. The lowest BCUT2D eigenvalue weighted by atomic mass is 10.2. The molecule has 0 aromatic rings. The van der Waals surface area contributed by atoms with Gasteiger partial charge in [-0.05, 0) is 46.8 Å². The van der Waals surface area contributed by atoms with E-state index in [1.165, 1.54) is 0 Å². The molecule has 0 aliphatic heterocycles. The fourth-order valence-corrected chi connectivity index (χ4v) is 2.06. The molecule has 0 fully saturated rings. The number of halogens is 1. The third-order valence-corrected chi connectivity index (χ3v) is 3.31. The van der Waals surface area contributed by atoms with Crippen LogP contribution >= 0.6 is 15.9 Å². The van der Waals surface area contributed by atoms with Crippen molar-refractivity contribution in [1.82, 2.24) is 9.80 Å². The maximum atomic E-state index is 12.1. The van der Waals surface area contributed by atoms with Crippen molar-refractivity contribution in [2.24, 2.45) is 0 Å². The molecule has 17 heavy (non-hydrogen) atoms. The van der Waals surface area contributed by atoms with Crippen molar-refractivity contribution in [2.75, 3.05) is 32.7 Å². The summed E-state index contributed by atoms with van der Waals surface area (Å²) in [4.78, 5) is 16.4. The lowest BCUT2D eigenvalue weighted by Crippen LogP contribution is -2.42. The van der Waals surface area contributed by atoms with E-state index in [4.69, 9.17) is 0 Å². The molecule has 0 aliphatic rings. The van der Waals surface area contributed by atoms with Gasteiger partial charge in [0.1, 0.15) is 0 Å². The number of hydrogen-bond donors (Lipinski definition) is 0. The Bertz CT molecular complexity index is 222.